The van der Waals surface area contributed by atoms with Gasteiger partial charge in [-0.25, -0.2) is 0 Å². The van der Waals surface area contributed by atoms with Crippen LogP contribution in [0.3, 0.4) is 0 Å². The lowest BCUT2D eigenvalue weighted by molar-refractivity contribution is -0.384. The maximum Gasteiger partial charge on any atom is 0.271 e. The molecule has 1 aliphatic rings. The summed E-state index contributed by atoms with van der Waals surface area (Å²) in [6.45, 7) is 6.51. The number of nitro groups is 1. The Kier molecular flexibility index (Phi) is 2.37. The van der Waals surface area contributed by atoms with Crippen molar-refractivity contribution in [2.75, 3.05) is 5.32 Å². The molecule has 1 unspecified atom stereocenters. The average molecular weight is 220 g/mol. The number of nitrogens with zero attached hydrogens (tertiary/aromatic N) is 1. The third-order valence-electron chi connectivity index (χ3n) is 3.10. The van der Waals surface area contributed by atoms with Gasteiger partial charge in [0.15, 0.2) is 0 Å². The van der Waals surface area contributed by atoms with E-state index < -0.39 is 0 Å². The zero-order chi connectivity index (χ0) is 11.9. The number of anilines is 1. The second-order valence-electron chi connectivity index (χ2n) is 5.37. The smallest absolute Gasteiger partial charge is 0.271 e. The summed E-state index contributed by atoms with van der Waals surface area (Å²) in [6.07, 6.45) is 0.941. The minimum absolute atomic E-state index is 0.154. The lowest BCUT2D eigenvalue weighted by Gasteiger charge is -2.27. The van der Waals surface area contributed by atoms with Crippen LogP contribution in [0.2, 0.25) is 0 Å². The number of fused-ring (bicyclic) bond motifs is 1. The molecule has 1 aromatic rings. The Morgan fingerprint density at radius 3 is 2.69 bits per heavy atom. The van der Waals surface area contributed by atoms with Crippen molar-refractivity contribution in [1.29, 1.82) is 0 Å². The molecule has 0 aromatic heterocycles. The molecule has 0 fully saturated rings. The summed E-state index contributed by atoms with van der Waals surface area (Å²) in [4.78, 5) is 10.3. The van der Waals surface area contributed by atoms with Crippen LogP contribution in [0.4, 0.5) is 11.4 Å². The molecule has 4 heteroatoms. The number of benzene rings is 1. The molecule has 1 heterocycles. The molecule has 1 N–H and O–H groups in total. The first-order valence-corrected chi connectivity index (χ1v) is 5.42. The van der Waals surface area contributed by atoms with Crippen LogP contribution in [-0.4, -0.2) is 11.0 Å². The van der Waals surface area contributed by atoms with Gasteiger partial charge in [0.05, 0.1) is 4.92 Å². The summed E-state index contributed by atoms with van der Waals surface area (Å²) in [5, 5.41) is 14.0. The van der Waals surface area contributed by atoms with Crippen LogP contribution in [0.25, 0.3) is 0 Å². The summed E-state index contributed by atoms with van der Waals surface area (Å²) in [7, 11) is 0. The molecule has 16 heavy (non-hydrogen) atoms. The van der Waals surface area contributed by atoms with Gasteiger partial charge in [-0.15, -0.1) is 0 Å². The maximum absolute atomic E-state index is 10.7. The van der Waals surface area contributed by atoms with Crippen LogP contribution < -0.4 is 5.32 Å². The Hall–Kier alpha value is -1.58. The largest absolute Gasteiger partial charge is 0.381 e. The quantitative estimate of drug-likeness (QED) is 0.584. The van der Waals surface area contributed by atoms with Gasteiger partial charge in [0, 0.05) is 23.9 Å². The van der Waals surface area contributed by atoms with E-state index in [0.29, 0.717) is 6.04 Å². The molecule has 0 amide bonds. The highest BCUT2D eigenvalue weighted by Gasteiger charge is 2.31. The first-order valence-electron chi connectivity index (χ1n) is 5.42. The first kappa shape index (κ1) is 10.9. The van der Waals surface area contributed by atoms with E-state index in [1.54, 1.807) is 12.1 Å². The summed E-state index contributed by atoms with van der Waals surface area (Å²) in [5.74, 6) is 0. The minimum atomic E-state index is -0.355. The SMILES string of the molecule is CC(C)(C)C1Cc2ccc([N+](=O)[O-])cc2N1. The molecule has 4 nitrogen and oxygen atoms in total. The molecule has 1 aliphatic heterocycles. The van der Waals surface area contributed by atoms with Crippen molar-refractivity contribution in [3.05, 3.63) is 33.9 Å². The van der Waals surface area contributed by atoms with Crippen LogP contribution in [-0.2, 0) is 6.42 Å². The van der Waals surface area contributed by atoms with Gasteiger partial charge in [0.2, 0.25) is 0 Å². The predicted octanol–water partition coefficient (Wildman–Crippen LogP) is 2.98. The van der Waals surface area contributed by atoms with Crippen molar-refractivity contribution in [2.45, 2.75) is 33.2 Å². The number of nitrogens with one attached hydrogen (secondary N) is 1. The normalized spacial score (nSPS) is 19.1. The average Bonchev–Trinajstić information content (AvgIpc) is 2.58. The van der Waals surface area contributed by atoms with Gasteiger partial charge in [0.1, 0.15) is 0 Å². The van der Waals surface area contributed by atoms with Gasteiger partial charge in [-0.1, -0.05) is 26.8 Å². The fourth-order valence-corrected chi connectivity index (χ4v) is 1.97. The predicted molar refractivity (Wildman–Crippen MR) is 63.7 cm³/mol. The lowest BCUT2D eigenvalue weighted by atomic mass is 9.85. The highest BCUT2D eigenvalue weighted by atomic mass is 16.6. The zero-order valence-electron chi connectivity index (χ0n) is 9.78. The van der Waals surface area contributed by atoms with E-state index in [9.17, 15) is 10.1 Å². The fraction of sp³-hybridized carbons (Fsp3) is 0.500. The number of hydrogen-bond donors (Lipinski definition) is 1. The summed E-state index contributed by atoms with van der Waals surface area (Å²) >= 11 is 0. The second-order valence-corrected chi connectivity index (χ2v) is 5.37. The van der Waals surface area contributed by atoms with Gasteiger partial charge in [0.25, 0.3) is 5.69 Å². The van der Waals surface area contributed by atoms with Crippen molar-refractivity contribution in [2.24, 2.45) is 5.41 Å². The number of nitro benzene ring substituents is 1. The standard InChI is InChI=1S/C12H16N2O2/c1-12(2,3)11-6-8-4-5-9(14(15)16)7-10(8)13-11/h4-5,7,11,13H,6H2,1-3H3. The molecule has 0 saturated heterocycles. The minimum Gasteiger partial charge on any atom is -0.381 e. The number of hydrogen-bond acceptors (Lipinski definition) is 3. The van der Waals surface area contributed by atoms with Gasteiger partial charge in [-0.2, -0.15) is 0 Å². The van der Waals surface area contributed by atoms with Crippen molar-refractivity contribution in [3.63, 3.8) is 0 Å². The van der Waals surface area contributed by atoms with E-state index in [1.807, 2.05) is 6.07 Å². The Balaban J connectivity index is 2.28. The van der Waals surface area contributed by atoms with E-state index in [1.165, 1.54) is 5.56 Å². The van der Waals surface area contributed by atoms with E-state index in [0.717, 1.165) is 12.1 Å². The third kappa shape index (κ3) is 1.87. The number of non-ortho nitro benzene ring substituents is 1. The van der Waals surface area contributed by atoms with Crippen LogP contribution >= 0.6 is 0 Å². The Labute approximate surface area is 94.8 Å². The van der Waals surface area contributed by atoms with Crippen molar-refractivity contribution >= 4 is 11.4 Å². The molecule has 0 saturated carbocycles. The topological polar surface area (TPSA) is 55.2 Å². The van der Waals surface area contributed by atoms with E-state index >= 15 is 0 Å². The van der Waals surface area contributed by atoms with Crippen LogP contribution in [0.1, 0.15) is 26.3 Å². The van der Waals surface area contributed by atoms with Crippen molar-refractivity contribution in [1.82, 2.24) is 0 Å². The Bertz CT molecular complexity index is 435. The van der Waals surface area contributed by atoms with Crippen LogP contribution in [0.15, 0.2) is 18.2 Å². The van der Waals surface area contributed by atoms with Crippen molar-refractivity contribution in [3.8, 4) is 0 Å². The van der Waals surface area contributed by atoms with E-state index in [4.69, 9.17) is 0 Å². The van der Waals surface area contributed by atoms with Gasteiger partial charge >= 0.3 is 0 Å². The summed E-state index contributed by atoms with van der Waals surface area (Å²) in [5.41, 5.74) is 2.40. The molecule has 1 atom stereocenters. The van der Waals surface area contributed by atoms with E-state index in [2.05, 4.69) is 26.1 Å². The molecular weight excluding hydrogens is 204 g/mol. The van der Waals surface area contributed by atoms with E-state index in [-0.39, 0.29) is 16.0 Å². The van der Waals surface area contributed by atoms with Crippen molar-refractivity contribution < 1.29 is 4.92 Å². The third-order valence-corrected chi connectivity index (χ3v) is 3.10. The molecule has 1 aromatic carbocycles. The summed E-state index contributed by atoms with van der Waals surface area (Å²) < 4.78 is 0. The maximum atomic E-state index is 10.7. The summed E-state index contributed by atoms with van der Waals surface area (Å²) in [6, 6.07) is 5.41. The monoisotopic (exact) mass is 220 g/mol. The molecule has 0 spiro atoms. The molecule has 0 radical (unpaired) electrons. The van der Waals surface area contributed by atoms with Gasteiger partial charge < -0.3 is 5.32 Å². The first-order chi connectivity index (χ1) is 7.38. The van der Waals surface area contributed by atoms with Gasteiger partial charge in [-0.3, -0.25) is 10.1 Å². The zero-order valence-corrected chi connectivity index (χ0v) is 9.78. The molecule has 2 rings (SSSR count). The molecular formula is C12H16N2O2. The highest BCUT2D eigenvalue weighted by Crippen LogP contribution is 2.36. The number of rotatable bonds is 1. The van der Waals surface area contributed by atoms with Gasteiger partial charge in [-0.05, 0) is 17.4 Å². The molecule has 0 bridgehead atoms. The molecule has 86 valence electrons. The second kappa shape index (κ2) is 3.47. The van der Waals surface area contributed by atoms with Crippen LogP contribution in [0.5, 0.6) is 0 Å². The Morgan fingerprint density at radius 1 is 1.44 bits per heavy atom. The lowest BCUT2D eigenvalue weighted by Crippen LogP contribution is -2.31. The highest BCUT2D eigenvalue weighted by molar-refractivity contribution is 5.61. The van der Waals surface area contributed by atoms with Crippen LogP contribution in [0, 0.1) is 15.5 Å². The Morgan fingerprint density at radius 2 is 2.12 bits per heavy atom. The fourth-order valence-electron chi connectivity index (χ4n) is 1.97. The molecule has 0 aliphatic carbocycles.